The van der Waals surface area contributed by atoms with Gasteiger partial charge in [-0.1, -0.05) is 15.9 Å². The van der Waals surface area contributed by atoms with Crippen LogP contribution in [0.15, 0.2) is 11.6 Å². The number of hydrogen-bond donors (Lipinski definition) is 0. The molecule has 0 aliphatic rings. The molecule has 2 aromatic rings. The molecule has 0 aromatic carbocycles. The Labute approximate surface area is 110 Å². The van der Waals surface area contributed by atoms with Gasteiger partial charge in [-0.15, -0.1) is 22.7 Å². The van der Waals surface area contributed by atoms with Crippen molar-refractivity contribution < 1.29 is 4.79 Å². The summed E-state index contributed by atoms with van der Waals surface area (Å²) in [7, 11) is 0. The van der Waals surface area contributed by atoms with Gasteiger partial charge in [-0.05, 0) is 13.8 Å². The minimum atomic E-state index is -0.378. The highest BCUT2D eigenvalue weighted by atomic mass is 79.9. The fraction of sp³-hybridized carbons (Fsp3) is 0.300. The van der Waals surface area contributed by atoms with E-state index in [1.54, 1.807) is 6.20 Å². The standard InChI is InChI=1S/C10H9BrN2OS2/c1-5-4-15-9(13-5)7(11)8(14)10-12-3-6(2)16-10/h3-4,7H,1-2H3. The summed E-state index contributed by atoms with van der Waals surface area (Å²) in [5.74, 6) is -0.0209. The van der Waals surface area contributed by atoms with Gasteiger partial charge in [0, 0.05) is 22.1 Å². The third-order valence-electron chi connectivity index (χ3n) is 1.92. The van der Waals surface area contributed by atoms with Crippen LogP contribution in [0.3, 0.4) is 0 Å². The third-order valence-corrected chi connectivity index (χ3v) is 5.02. The highest BCUT2D eigenvalue weighted by Crippen LogP contribution is 2.30. The van der Waals surface area contributed by atoms with Crippen LogP contribution >= 0.6 is 38.6 Å². The molecule has 0 aliphatic carbocycles. The normalized spacial score (nSPS) is 12.7. The maximum atomic E-state index is 12.0. The fourth-order valence-electron chi connectivity index (χ4n) is 1.18. The summed E-state index contributed by atoms with van der Waals surface area (Å²) in [6.45, 7) is 3.85. The molecule has 0 saturated heterocycles. The van der Waals surface area contributed by atoms with E-state index >= 15 is 0 Å². The maximum absolute atomic E-state index is 12.0. The molecule has 2 rings (SSSR count). The molecule has 0 bridgehead atoms. The first-order valence-corrected chi connectivity index (χ1v) is 7.22. The van der Waals surface area contributed by atoms with Crippen molar-refractivity contribution in [2.75, 3.05) is 0 Å². The summed E-state index contributed by atoms with van der Waals surface area (Å²) in [5.41, 5.74) is 0.938. The second-order valence-electron chi connectivity index (χ2n) is 3.33. The topological polar surface area (TPSA) is 42.9 Å². The minimum Gasteiger partial charge on any atom is -0.290 e. The number of hydrogen-bond acceptors (Lipinski definition) is 5. The molecule has 0 spiro atoms. The highest BCUT2D eigenvalue weighted by Gasteiger charge is 2.24. The van der Waals surface area contributed by atoms with E-state index in [2.05, 4.69) is 25.9 Å². The molecule has 0 saturated carbocycles. The Bertz CT molecular complexity index is 520. The Morgan fingerprint density at radius 2 is 2.25 bits per heavy atom. The van der Waals surface area contributed by atoms with E-state index in [1.165, 1.54) is 22.7 Å². The van der Waals surface area contributed by atoms with Crippen LogP contribution in [-0.2, 0) is 0 Å². The first-order valence-electron chi connectivity index (χ1n) is 4.60. The lowest BCUT2D eigenvalue weighted by atomic mass is 10.3. The number of carbonyl (C=O) groups excluding carboxylic acids is 1. The summed E-state index contributed by atoms with van der Waals surface area (Å²) in [6.07, 6.45) is 1.71. The van der Waals surface area contributed by atoms with Crippen LogP contribution < -0.4 is 0 Å². The number of thiazole rings is 2. The van der Waals surface area contributed by atoms with E-state index in [0.717, 1.165) is 15.6 Å². The van der Waals surface area contributed by atoms with Crippen LogP contribution in [0.25, 0.3) is 0 Å². The molecule has 16 heavy (non-hydrogen) atoms. The van der Waals surface area contributed by atoms with Gasteiger partial charge in [0.25, 0.3) is 0 Å². The molecule has 84 valence electrons. The average Bonchev–Trinajstić information content (AvgIpc) is 2.85. The summed E-state index contributed by atoms with van der Waals surface area (Å²) < 4.78 is 0. The number of aromatic nitrogens is 2. The molecule has 2 heterocycles. The summed E-state index contributed by atoms with van der Waals surface area (Å²) in [4.78, 5) is 21.1. The van der Waals surface area contributed by atoms with Gasteiger partial charge in [-0.3, -0.25) is 4.79 Å². The first kappa shape index (κ1) is 11.9. The van der Waals surface area contributed by atoms with Crippen molar-refractivity contribution >= 4 is 44.4 Å². The Hall–Kier alpha value is -0.590. The van der Waals surface area contributed by atoms with E-state index < -0.39 is 0 Å². The van der Waals surface area contributed by atoms with Gasteiger partial charge < -0.3 is 0 Å². The quantitative estimate of drug-likeness (QED) is 0.642. The number of carbonyl (C=O) groups is 1. The second-order valence-corrected chi connectivity index (χ2v) is 6.37. The van der Waals surface area contributed by atoms with Crippen molar-refractivity contribution in [3.8, 4) is 0 Å². The summed E-state index contributed by atoms with van der Waals surface area (Å²) >= 11 is 6.27. The molecular formula is C10H9BrN2OS2. The Morgan fingerprint density at radius 3 is 2.75 bits per heavy atom. The minimum absolute atomic E-state index is 0.0209. The van der Waals surface area contributed by atoms with Crippen molar-refractivity contribution in [3.63, 3.8) is 0 Å². The Morgan fingerprint density at radius 1 is 1.50 bits per heavy atom. The molecular weight excluding hydrogens is 308 g/mol. The molecule has 0 amide bonds. The van der Waals surface area contributed by atoms with E-state index in [9.17, 15) is 4.79 Å². The number of Topliss-reactive ketones (excluding diaryl/α,β-unsaturated/α-hetero) is 1. The summed E-state index contributed by atoms with van der Waals surface area (Å²) in [6, 6.07) is 0. The van der Waals surface area contributed by atoms with Crippen molar-refractivity contribution in [3.05, 3.63) is 32.2 Å². The lowest BCUT2D eigenvalue weighted by Gasteiger charge is -2.01. The number of nitrogens with zero attached hydrogens (tertiary/aromatic N) is 2. The maximum Gasteiger partial charge on any atom is 0.211 e. The number of alkyl halides is 1. The molecule has 1 unspecified atom stereocenters. The van der Waals surface area contributed by atoms with Crippen LogP contribution in [0, 0.1) is 13.8 Å². The monoisotopic (exact) mass is 316 g/mol. The van der Waals surface area contributed by atoms with Crippen molar-refractivity contribution in [2.45, 2.75) is 18.7 Å². The lowest BCUT2D eigenvalue weighted by molar-refractivity contribution is 0.0991. The van der Waals surface area contributed by atoms with Gasteiger partial charge in [0.05, 0.1) is 0 Å². The molecule has 2 aromatic heterocycles. The summed E-state index contributed by atoms with van der Waals surface area (Å²) in [5, 5.41) is 3.26. The van der Waals surface area contributed by atoms with Gasteiger partial charge in [0.1, 0.15) is 9.83 Å². The van der Waals surface area contributed by atoms with Gasteiger partial charge in [-0.25, -0.2) is 9.97 Å². The second kappa shape index (κ2) is 4.73. The number of halogens is 1. The zero-order valence-corrected chi connectivity index (χ0v) is 11.9. The first-order chi connectivity index (χ1) is 7.58. The number of rotatable bonds is 3. The smallest absolute Gasteiger partial charge is 0.211 e. The molecule has 6 heteroatoms. The van der Waals surface area contributed by atoms with E-state index in [1.807, 2.05) is 19.2 Å². The Kier molecular flexibility index (Phi) is 3.51. The zero-order chi connectivity index (χ0) is 11.7. The van der Waals surface area contributed by atoms with Crippen LogP contribution in [0.4, 0.5) is 0 Å². The molecule has 0 fully saturated rings. The number of aryl methyl sites for hydroxylation is 2. The molecule has 3 nitrogen and oxygen atoms in total. The Balaban J connectivity index is 2.22. The molecule has 1 atom stereocenters. The molecule has 0 radical (unpaired) electrons. The highest BCUT2D eigenvalue weighted by molar-refractivity contribution is 9.09. The van der Waals surface area contributed by atoms with Crippen molar-refractivity contribution in [1.82, 2.24) is 9.97 Å². The van der Waals surface area contributed by atoms with Crippen LogP contribution in [0.1, 0.15) is 30.2 Å². The fourth-order valence-corrected chi connectivity index (χ4v) is 3.47. The van der Waals surface area contributed by atoms with Gasteiger partial charge in [-0.2, -0.15) is 0 Å². The van der Waals surface area contributed by atoms with Gasteiger partial charge >= 0.3 is 0 Å². The largest absolute Gasteiger partial charge is 0.290 e. The van der Waals surface area contributed by atoms with Crippen molar-refractivity contribution in [2.24, 2.45) is 0 Å². The lowest BCUT2D eigenvalue weighted by Crippen LogP contribution is -2.06. The predicted octanol–water partition coefficient (Wildman–Crippen LogP) is 3.54. The third kappa shape index (κ3) is 2.39. The van der Waals surface area contributed by atoms with E-state index in [-0.39, 0.29) is 10.6 Å². The van der Waals surface area contributed by atoms with Gasteiger partial charge in [0.15, 0.2) is 5.01 Å². The van der Waals surface area contributed by atoms with E-state index in [4.69, 9.17) is 0 Å². The van der Waals surface area contributed by atoms with Crippen LogP contribution in [-0.4, -0.2) is 15.8 Å². The molecule has 0 aliphatic heterocycles. The predicted molar refractivity (Wildman–Crippen MR) is 69.7 cm³/mol. The zero-order valence-electron chi connectivity index (χ0n) is 8.73. The molecule has 0 N–H and O–H groups in total. The van der Waals surface area contributed by atoms with Gasteiger partial charge in [0.2, 0.25) is 5.78 Å². The van der Waals surface area contributed by atoms with Crippen molar-refractivity contribution in [1.29, 1.82) is 0 Å². The average molecular weight is 317 g/mol. The van der Waals surface area contributed by atoms with Crippen LogP contribution in [0.5, 0.6) is 0 Å². The van der Waals surface area contributed by atoms with Crippen LogP contribution in [0.2, 0.25) is 0 Å². The van der Waals surface area contributed by atoms with E-state index in [0.29, 0.717) is 5.01 Å². The number of ketones is 1. The SMILES string of the molecule is Cc1csc(C(Br)C(=O)c2ncc(C)s2)n1.